The molecule has 156 valence electrons. The van der Waals surface area contributed by atoms with Crippen molar-refractivity contribution in [2.45, 2.75) is 65.3 Å². The van der Waals surface area contributed by atoms with Gasteiger partial charge in [-0.25, -0.2) is 4.98 Å². The molecule has 0 bridgehead atoms. The summed E-state index contributed by atoms with van der Waals surface area (Å²) in [6.45, 7) is 12.2. The predicted octanol–water partition coefficient (Wildman–Crippen LogP) is 4.07. The van der Waals surface area contributed by atoms with E-state index in [1.54, 1.807) is 25.6 Å². The number of nitrogens with one attached hydrogen (secondary N) is 1. The molecule has 1 saturated carbocycles. The van der Waals surface area contributed by atoms with E-state index in [1.807, 2.05) is 6.92 Å². The van der Waals surface area contributed by atoms with Gasteiger partial charge in [-0.2, -0.15) is 0 Å². The normalized spacial score (nSPS) is 25.3. The van der Waals surface area contributed by atoms with Crippen LogP contribution < -0.4 is 5.32 Å². The molecule has 1 aliphatic carbocycles. The van der Waals surface area contributed by atoms with Crippen molar-refractivity contribution in [3.8, 4) is 0 Å². The third-order valence-electron chi connectivity index (χ3n) is 5.92. The second-order valence-corrected chi connectivity index (χ2v) is 8.66. The SMILES string of the molecule is CCN=C(NC1CC(C)(OC)C1(C)C)N(C)Cc1csc(C(C)OC)n1.I. The second-order valence-electron chi connectivity index (χ2n) is 7.77. The molecule has 1 aromatic heterocycles. The number of thiazole rings is 1. The molecule has 8 heteroatoms. The molecule has 0 aromatic carbocycles. The molecule has 1 aromatic rings. The molecule has 0 radical (unpaired) electrons. The van der Waals surface area contributed by atoms with Gasteiger partial charge < -0.3 is 19.7 Å². The fourth-order valence-corrected chi connectivity index (χ4v) is 4.15. The highest BCUT2D eigenvalue weighted by Gasteiger charge is 2.58. The number of hydrogen-bond donors (Lipinski definition) is 1. The van der Waals surface area contributed by atoms with Crippen molar-refractivity contribution in [2.24, 2.45) is 10.4 Å². The molecule has 0 saturated heterocycles. The highest BCUT2D eigenvalue weighted by Crippen LogP contribution is 2.51. The minimum Gasteiger partial charge on any atom is -0.378 e. The monoisotopic (exact) mass is 510 g/mol. The van der Waals surface area contributed by atoms with Crippen LogP contribution in [0.4, 0.5) is 0 Å². The summed E-state index contributed by atoms with van der Waals surface area (Å²) in [7, 11) is 5.56. The minimum absolute atomic E-state index is 0. The van der Waals surface area contributed by atoms with Crippen LogP contribution in [0.5, 0.6) is 0 Å². The van der Waals surface area contributed by atoms with Gasteiger partial charge in [0.1, 0.15) is 11.1 Å². The van der Waals surface area contributed by atoms with Gasteiger partial charge in [-0.15, -0.1) is 35.3 Å². The number of aliphatic imine (C=N–C) groups is 1. The first-order chi connectivity index (χ1) is 12.2. The molecule has 0 amide bonds. The predicted molar refractivity (Wildman–Crippen MR) is 123 cm³/mol. The van der Waals surface area contributed by atoms with E-state index in [2.05, 4.69) is 55.3 Å². The van der Waals surface area contributed by atoms with Crippen molar-refractivity contribution in [1.82, 2.24) is 15.2 Å². The van der Waals surface area contributed by atoms with Crippen LogP contribution in [-0.2, 0) is 16.0 Å². The quantitative estimate of drug-likeness (QED) is 0.341. The lowest BCUT2D eigenvalue weighted by molar-refractivity contribution is -0.177. The number of aromatic nitrogens is 1. The first-order valence-corrected chi connectivity index (χ1v) is 10.1. The summed E-state index contributed by atoms with van der Waals surface area (Å²) in [4.78, 5) is 11.5. The molecule has 1 fully saturated rings. The van der Waals surface area contributed by atoms with E-state index in [-0.39, 0.29) is 41.1 Å². The number of rotatable bonds is 7. The van der Waals surface area contributed by atoms with Crippen molar-refractivity contribution < 1.29 is 9.47 Å². The van der Waals surface area contributed by atoms with E-state index < -0.39 is 0 Å². The molecule has 1 aliphatic rings. The maximum atomic E-state index is 5.74. The third kappa shape index (κ3) is 5.13. The van der Waals surface area contributed by atoms with Gasteiger partial charge >= 0.3 is 0 Å². The standard InChI is InChI=1S/C19H34N4O2S.HI/c1-9-20-17(22-15-10-19(5,25-8)18(15,3)4)23(6)11-14-12-26-16(21-14)13(2)24-7;/h12-13,15H,9-11H2,1-8H3,(H,20,22);1H. The summed E-state index contributed by atoms with van der Waals surface area (Å²) in [6.07, 6.45) is 1.00. The Bertz CT molecular complexity index is 637. The molecule has 1 N–H and O–H groups in total. The summed E-state index contributed by atoms with van der Waals surface area (Å²) < 4.78 is 11.1. The molecule has 3 unspecified atom stereocenters. The average molecular weight is 510 g/mol. The Kier molecular flexibility index (Phi) is 8.97. The Balaban J connectivity index is 0.00000364. The number of ether oxygens (including phenoxy) is 2. The highest BCUT2D eigenvalue weighted by molar-refractivity contribution is 14.0. The Labute approximate surface area is 185 Å². The van der Waals surface area contributed by atoms with Crippen molar-refractivity contribution in [3.05, 3.63) is 16.1 Å². The largest absolute Gasteiger partial charge is 0.378 e. The zero-order valence-corrected chi connectivity index (χ0v) is 21.0. The van der Waals surface area contributed by atoms with Gasteiger partial charge in [0.05, 0.1) is 17.8 Å². The Morgan fingerprint density at radius 1 is 1.44 bits per heavy atom. The fraction of sp³-hybridized carbons (Fsp3) is 0.789. The molecule has 6 nitrogen and oxygen atoms in total. The zero-order chi connectivity index (χ0) is 19.5. The van der Waals surface area contributed by atoms with E-state index in [4.69, 9.17) is 14.5 Å². The van der Waals surface area contributed by atoms with Gasteiger partial charge in [0.25, 0.3) is 0 Å². The van der Waals surface area contributed by atoms with Gasteiger partial charge in [0, 0.05) is 44.6 Å². The highest BCUT2D eigenvalue weighted by atomic mass is 127. The van der Waals surface area contributed by atoms with Gasteiger partial charge in [-0.3, -0.25) is 4.99 Å². The summed E-state index contributed by atoms with van der Waals surface area (Å²) in [5.74, 6) is 0.915. The first kappa shape index (κ1) is 24.6. The maximum Gasteiger partial charge on any atom is 0.194 e. The molecule has 1 heterocycles. The lowest BCUT2D eigenvalue weighted by atomic mass is 9.56. The zero-order valence-electron chi connectivity index (χ0n) is 17.8. The van der Waals surface area contributed by atoms with Crippen molar-refractivity contribution in [3.63, 3.8) is 0 Å². The number of guanidine groups is 1. The Hall–Kier alpha value is -0.450. The van der Waals surface area contributed by atoms with Gasteiger partial charge in [0.15, 0.2) is 5.96 Å². The molecule has 27 heavy (non-hydrogen) atoms. The lowest BCUT2D eigenvalue weighted by Gasteiger charge is -2.59. The van der Waals surface area contributed by atoms with E-state index in [9.17, 15) is 0 Å². The molecular weight excluding hydrogens is 475 g/mol. The Morgan fingerprint density at radius 2 is 2.11 bits per heavy atom. The van der Waals surface area contributed by atoms with Crippen LogP contribution in [-0.4, -0.2) is 55.3 Å². The van der Waals surface area contributed by atoms with E-state index in [1.165, 1.54) is 0 Å². The summed E-state index contributed by atoms with van der Waals surface area (Å²) in [5, 5.41) is 6.75. The van der Waals surface area contributed by atoms with Crippen molar-refractivity contribution >= 4 is 41.3 Å². The van der Waals surface area contributed by atoms with Crippen LogP contribution in [0.1, 0.15) is 57.8 Å². The van der Waals surface area contributed by atoms with Crippen LogP contribution in [0.2, 0.25) is 0 Å². The van der Waals surface area contributed by atoms with Gasteiger partial charge in [-0.05, 0) is 27.2 Å². The van der Waals surface area contributed by atoms with Crippen LogP contribution >= 0.6 is 35.3 Å². The maximum absolute atomic E-state index is 5.74. The number of hydrogen-bond acceptors (Lipinski definition) is 5. The second kappa shape index (κ2) is 9.84. The van der Waals surface area contributed by atoms with Crippen LogP contribution in [0.25, 0.3) is 0 Å². The molecule has 2 rings (SSSR count). The fourth-order valence-electron chi connectivity index (χ4n) is 3.31. The number of halogens is 1. The third-order valence-corrected chi connectivity index (χ3v) is 6.98. The molecule has 0 aliphatic heterocycles. The minimum atomic E-state index is -0.0966. The average Bonchev–Trinajstić information content (AvgIpc) is 3.07. The molecule has 0 spiro atoms. The van der Waals surface area contributed by atoms with E-state index >= 15 is 0 Å². The topological polar surface area (TPSA) is 59.0 Å². The van der Waals surface area contributed by atoms with E-state index in [0.29, 0.717) is 12.6 Å². The van der Waals surface area contributed by atoms with Crippen molar-refractivity contribution in [2.75, 3.05) is 27.8 Å². The molecule has 3 atom stereocenters. The van der Waals surface area contributed by atoms with Gasteiger partial charge in [-0.1, -0.05) is 13.8 Å². The summed E-state index contributed by atoms with van der Waals surface area (Å²) >= 11 is 1.64. The van der Waals surface area contributed by atoms with E-state index in [0.717, 1.165) is 29.6 Å². The van der Waals surface area contributed by atoms with Gasteiger partial charge in [0.2, 0.25) is 0 Å². The van der Waals surface area contributed by atoms with Crippen molar-refractivity contribution in [1.29, 1.82) is 0 Å². The van der Waals surface area contributed by atoms with Crippen LogP contribution in [0.15, 0.2) is 10.4 Å². The smallest absolute Gasteiger partial charge is 0.194 e. The summed E-state index contributed by atoms with van der Waals surface area (Å²) in [6, 6.07) is 0.333. The first-order valence-electron chi connectivity index (χ1n) is 9.22. The number of nitrogens with zero attached hydrogens (tertiary/aromatic N) is 3. The number of methoxy groups -OCH3 is 2. The van der Waals surface area contributed by atoms with Crippen LogP contribution in [0.3, 0.4) is 0 Å². The Morgan fingerprint density at radius 3 is 2.63 bits per heavy atom. The van der Waals surface area contributed by atoms with Crippen LogP contribution in [0, 0.1) is 5.41 Å². The molecular formula is C19H35IN4O2S. The summed E-state index contributed by atoms with van der Waals surface area (Å²) in [5.41, 5.74) is 0.982. The lowest BCUT2D eigenvalue weighted by Crippen LogP contribution is -2.69.